The van der Waals surface area contributed by atoms with Gasteiger partial charge in [0.25, 0.3) is 0 Å². The van der Waals surface area contributed by atoms with Crippen LogP contribution in [0, 0.1) is 0 Å². The predicted molar refractivity (Wildman–Crippen MR) is 51.5 cm³/mol. The third-order valence-electron chi connectivity index (χ3n) is 3.27. The van der Waals surface area contributed by atoms with Gasteiger partial charge >= 0.3 is 0 Å². The first-order chi connectivity index (χ1) is 6.24. The summed E-state index contributed by atoms with van der Waals surface area (Å²) < 4.78 is 11.9. The van der Waals surface area contributed by atoms with E-state index in [-0.39, 0.29) is 5.79 Å². The van der Waals surface area contributed by atoms with Gasteiger partial charge in [0.15, 0.2) is 5.79 Å². The standard InChI is InChI=1S/C11H20O2/c1-3-10-6-8-11(13-10)7-4-5-9(2)12-11/h9-10H,3-8H2,1-2H3/t9-,10+,11-/m0/s1/i12+2,13+2. The summed E-state index contributed by atoms with van der Waals surface area (Å²) in [6, 6.07) is 0. The lowest BCUT2D eigenvalue weighted by atomic mass is 10.0. The van der Waals surface area contributed by atoms with E-state index in [1.807, 2.05) is 0 Å². The number of rotatable bonds is 1. The summed E-state index contributed by atoms with van der Waals surface area (Å²) in [7, 11) is 0. The highest BCUT2D eigenvalue weighted by molar-refractivity contribution is 4.84. The zero-order valence-electron chi connectivity index (χ0n) is 8.71. The van der Waals surface area contributed by atoms with Gasteiger partial charge in [-0.15, -0.1) is 0 Å². The van der Waals surface area contributed by atoms with Gasteiger partial charge in [-0.1, -0.05) is 6.92 Å². The van der Waals surface area contributed by atoms with E-state index in [9.17, 15) is 0 Å². The van der Waals surface area contributed by atoms with E-state index in [2.05, 4.69) is 13.8 Å². The molecule has 2 saturated heterocycles. The fraction of sp³-hybridized carbons (Fsp3) is 1.00. The molecule has 2 heterocycles. The summed E-state index contributed by atoms with van der Waals surface area (Å²) in [6.07, 6.45) is 7.82. The monoisotopic (exact) mass is 188 g/mol. The highest BCUT2D eigenvalue weighted by Gasteiger charge is 2.43. The first kappa shape index (κ1) is 9.47. The van der Waals surface area contributed by atoms with E-state index in [1.165, 1.54) is 19.3 Å². The highest BCUT2D eigenvalue weighted by atomic mass is 18.5. The van der Waals surface area contributed by atoms with Crippen LogP contribution in [0.4, 0.5) is 0 Å². The third kappa shape index (κ3) is 1.89. The van der Waals surface area contributed by atoms with Crippen LogP contribution in [0.3, 0.4) is 0 Å². The van der Waals surface area contributed by atoms with Gasteiger partial charge in [0.05, 0.1) is 12.2 Å². The minimum Gasteiger partial charge on any atom is -0.347 e. The summed E-state index contributed by atoms with van der Waals surface area (Å²) in [4.78, 5) is 0. The first-order valence-corrected chi connectivity index (χ1v) is 5.60. The lowest BCUT2D eigenvalue weighted by Crippen LogP contribution is -2.39. The Kier molecular flexibility index (Phi) is 2.61. The van der Waals surface area contributed by atoms with Crippen LogP contribution in [0.15, 0.2) is 0 Å². The Labute approximate surface area is 80.6 Å². The highest BCUT2D eigenvalue weighted by Crippen LogP contribution is 2.40. The molecule has 1 spiro atoms. The van der Waals surface area contributed by atoms with Crippen molar-refractivity contribution in [2.45, 2.75) is 70.4 Å². The third-order valence-corrected chi connectivity index (χ3v) is 3.27. The van der Waals surface area contributed by atoms with Crippen molar-refractivity contribution in [3.8, 4) is 0 Å². The van der Waals surface area contributed by atoms with Crippen molar-refractivity contribution in [1.29, 1.82) is 0 Å². The van der Waals surface area contributed by atoms with Crippen molar-refractivity contribution in [1.82, 2.24) is 0 Å². The average molecular weight is 188 g/mol. The summed E-state index contributed by atoms with van der Waals surface area (Å²) in [5.41, 5.74) is 0. The Morgan fingerprint density at radius 1 is 1.23 bits per heavy atom. The molecule has 0 bridgehead atoms. The average Bonchev–Trinajstić information content (AvgIpc) is 2.48. The number of hydrogen-bond donors (Lipinski definition) is 0. The lowest BCUT2D eigenvalue weighted by molar-refractivity contribution is -0.266. The van der Waals surface area contributed by atoms with Gasteiger partial charge in [-0.2, -0.15) is 0 Å². The molecule has 0 radical (unpaired) electrons. The zero-order chi connectivity index (χ0) is 9.31. The molecule has 3 atom stereocenters. The smallest absolute Gasteiger partial charge is 0.169 e. The molecule has 0 aromatic rings. The second-order valence-electron chi connectivity index (χ2n) is 4.42. The summed E-state index contributed by atoms with van der Waals surface area (Å²) in [5.74, 6) is -0.182. The van der Waals surface area contributed by atoms with Gasteiger partial charge in [-0.25, -0.2) is 0 Å². The van der Waals surface area contributed by atoms with Crippen LogP contribution in [0.5, 0.6) is 0 Å². The van der Waals surface area contributed by atoms with Crippen LogP contribution in [-0.2, 0) is 9.47 Å². The Morgan fingerprint density at radius 2 is 2.08 bits per heavy atom. The van der Waals surface area contributed by atoms with Crippen LogP contribution in [0.25, 0.3) is 0 Å². The lowest BCUT2D eigenvalue weighted by Gasteiger charge is -2.37. The molecule has 0 N–H and O–H groups in total. The van der Waals surface area contributed by atoms with Crippen molar-refractivity contribution in [2.75, 3.05) is 0 Å². The van der Waals surface area contributed by atoms with E-state index < -0.39 is 0 Å². The molecule has 2 fully saturated rings. The summed E-state index contributed by atoms with van der Waals surface area (Å²) in [5, 5.41) is 0. The van der Waals surface area contributed by atoms with Gasteiger partial charge in [0.1, 0.15) is 0 Å². The molecule has 0 unspecified atom stereocenters. The van der Waals surface area contributed by atoms with Crippen molar-refractivity contribution >= 4 is 0 Å². The van der Waals surface area contributed by atoms with E-state index in [0.29, 0.717) is 12.2 Å². The van der Waals surface area contributed by atoms with Gasteiger partial charge in [-0.3, -0.25) is 0 Å². The van der Waals surface area contributed by atoms with Crippen LogP contribution in [0.2, 0.25) is 0 Å². The molecule has 2 rings (SSSR count). The van der Waals surface area contributed by atoms with Gasteiger partial charge in [0.2, 0.25) is 0 Å². The molecule has 2 aliphatic rings. The molecular weight excluding hydrogens is 168 g/mol. The molecule has 0 aliphatic carbocycles. The van der Waals surface area contributed by atoms with E-state index in [4.69, 9.17) is 9.47 Å². The molecule has 0 amide bonds. The minimum absolute atomic E-state index is 0.182. The molecule has 0 saturated carbocycles. The zero-order valence-corrected chi connectivity index (χ0v) is 8.71. The normalized spacial score (nSPS) is 45.7. The van der Waals surface area contributed by atoms with Crippen molar-refractivity contribution < 1.29 is 9.47 Å². The molecular formula is C11H20O2. The van der Waals surface area contributed by atoms with Gasteiger partial charge in [-0.05, 0) is 32.6 Å². The van der Waals surface area contributed by atoms with Gasteiger partial charge < -0.3 is 9.47 Å². The Bertz CT molecular complexity index is 181. The molecule has 2 aliphatic heterocycles. The van der Waals surface area contributed by atoms with Crippen LogP contribution in [0.1, 0.15) is 52.4 Å². The van der Waals surface area contributed by atoms with Gasteiger partial charge in [0, 0.05) is 12.8 Å². The molecule has 0 aromatic carbocycles. The second-order valence-corrected chi connectivity index (χ2v) is 4.42. The Morgan fingerprint density at radius 3 is 2.69 bits per heavy atom. The SMILES string of the molecule is CC[C@@H]1CC[C@]2(CCC[C@H](C)[18O]2)[18O]1. The topological polar surface area (TPSA) is 18.5 Å². The molecule has 0 aromatic heterocycles. The summed E-state index contributed by atoms with van der Waals surface area (Å²) >= 11 is 0. The fourth-order valence-electron chi connectivity index (χ4n) is 2.50. The minimum atomic E-state index is -0.182. The Balaban J connectivity index is 1.97. The van der Waals surface area contributed by atoms with Crippen LogP contribution < -0.4 is 0 Å². The number of ether oxygens (including phenoxy) is 2. The largest absolute Gasteiger partial charge is 0.347 e. The Hall–Kier alpha value is -0.0800. The van der Waals surface area contributed by atoms with E-state index in [1.54, 1.807) is 0 Å². The quantitative estimate of drug-likeness (QED) is 0.589. The predicted octanol–water partition coefficient (Wildman–Crippen LogP) is 2.86. The molecule has 2 nitrogen and oxygen atoms in total. The molecule has 2 heteroatoms. The molecule has 13 heavy (non-hydrogen) atoms. The number of hydrogen-bond acceptors (Lipinski definition) is 2. The van der Waals surface area contributed by atoms with E-state index >= 15 is 0 Å². The maximum absolute atomic E-state index is 5.99. The maximum Gasteiger partial charge on any atom is 0.169 e. The second kappa shape index (κ2) is 3.58. The first-order valence-electron chi connectivity index (χ1n) is 5.60. The fourth-order valence-corrected chi connectivity index (χ4v) is 2.50. The van der Waals surface area contributed by atoms with Crippen molar-refractivity contribution in [3.05, 3.63) is 0 Å². The maximum atomic E-state index is 5.99. The van der Waals surface area contributed by atoms with Crippen LogP contribution >= 0.6 is 0 Å². The summed E-state index contributed by atoms with van der Waals surface area (Å²) in [6.45, 7) is 4.35. The van der Waals surface area contributed by atoms with Crippen molar-refractivity contribution in [2.24, 2.45) is 0 Å². The molecule has 76 valence electrons. The van der Waals surface area contributed by atoms with Crippen molar-refractivity contribution in [3.63, 3.8) is 0 Å². The van der Waals surface area contributed by atoms with E-state index in [0.717, 1.165) is 19.3 Å². The van der Waals surface area contributed by atoms with Crippen LogP contribution in [-0.4, -0.2) is 18.0 Å².